The van der Waals surface area contributed by atoms with E-state index in [1.54, 1.807) is 6.07 Å². The Kier molecular flexibility index (Phi) is 7.24. The van der Waals surface area contributed by atoms with E-state index in [-0.39, 0.29) is 48.4 Å². The van der Waals surface area contributed by atoms with Gasteiger partial charge in [-0.3, -0.25) is 4.72 Å². The van der Waals surface area contributed by atoms with Gasteiger partial charge < -0.3 is 10.2 Å². The van der Waals surface area contributed by atoms with Crippen LogP contribution in [0.1, 0.15) is 36.0 Å². The number of halogens is 4. The summed E-state index contributed by atoms with van der Waals surface area (Å²) in [7, 11) is -4.06. The average molecular weight is 569 g/mol. The Bertz CT molecular complexity index is 1090. The fourth-order valence-corrected chi connectivity index (χ4v) is 5.98. The van der Waals surface area contributed by atoms with Crippen LogP contribution in [-0.4, -0.2) is 36.6 Å². The van der Waals surface area contributed by atoms with Gasteiger partial charge in [0.15, 0.2) is 11.6 Å². The molecule has 10 heteroatoms. The van der Waals surface area contributed by atoms with Crippen LogP contribution in [0.25, 0.3) is 0 Å². The lowest BCUT2D eigenvalue weighted by molar-refractivity contribution is 0.141. The zero-order valence-electron chi connectivity index (χ0n) is 16.8. The van der Waals surface area contributed by atoms with Crippen molar-refractivity contribution in [2.75, 3.05) is 17.9 Å². The first-order valence-electron chi connectivity index (χ1n) is 9.69. The van der Waals surface area contributed by atoms with Crippen LogP contribution in [-0.2, 0) is 16.4 Å². The minimum atomic E-state index is -4.06. The highest BCUT2D eigenvalue weighted by Crippen LogP contribution is 2.49. The van der Waals surface area contributed by atoms with Crippen LogP contribution >= 0.6 is 22.6 Å². The molecule has 5 nitrogen and oxygen atoms in total. The highest BCUT2D eigenvalue weighted by Gasteiger charge is 2.55. The van der Waals surface area contributed by atoms with Crippen molar-refractivity contribution in [3.8, 4) is 0 Å². The van der Waals surface area contributed by atoms with Gasteiger partial charge >= 0.3 is 0 Å². The van der Waals surface area contributed by atoms with Crippen LogP contribution in [0.3, 0.4) is 0 Å². The van der Waals surface area contributed by atoms with Crippen molar-refractivity contribution in [2.45, 2.75) is 37.4 Å². The second-order valence-corrected chi connectivity index (χ2v) is 11.3. The zero-order chi connectivity index (χ0) is 23.0. The van der Waals surface area contributed by atoms with Crippen molar-refractivity contribution in [3.63, 3.8) is 0 Å². The first-order valence-corrected chi connectivity index (χ1v) is 12.2. The van der Waals surface area contributed by atoms with E-state index >= 15 is 0 Å². The maximum Gasteiger partial charge on any atom is 0.238 e. The number of nitrogens with one attached hydrogen (secondary N) is 1. The summed E-state index contributed by atoms with van der Waals surface area (Å²) in [6, 6.07) is 5.22. The van der Waals surface area contributed by atoms with E-state index in [2.05, 4.69) is 4.72 Å². The predicted octanol–water partition coefficient (Wildman–Crippen LogP) is 3.87. The van der Waals surface area contributed by atoms with Gasteiger partial charge in [0.2, 0.25) is 10.0 Å². The molecule has 3 rings (SSSR count). The van der Waals surface area contributed by atoms with Crippen LogP contribution in [0.5, 0.6) is 0 Å². The second-order valence-electron chi connectivity index (χ2n) is 7.98. The number of rotatable bonds is 9. The molecule has 2 aromatic carbocycles. The van der Waals surface area contributed by atoms with E-state index in [4.69, 9.17) is 0 Å². The second kappa shape index (κ2) is 9.24. The highest BCUT2D eigenvalue weighted by molar-refractivity contribution is 14.1. The molecular weight excluding hydrogens is 546 g/mol. The van der Waals surface area contributed by atoms with Crippen LogP contribution in [0.4, 0.5) is 18.9 Å². The Labute approximate surface area is 192 Å². The predicted molar refractivity (Wildman–Crippen MR) is 120 cm³/mol. The topological polar surface area (TPSA) is 86.6 Å². The van der Waals surface area contributed by atoms with E-state index in [1.807, 2.05) is 22.6 Å². The fourth-order valence-electron chi connectivity index (χ4n) is 3.66. The van der Waals surface area contributed by atoms with Crippen molar-refractivity contribution in [2.24, 2.45) is 5.92 Å². The van der Waals surface area contributed by atoms with Gasteiger partial charge in [0.25, 0.3) is 0 Å². The van der Waals surface area contributed by atoms with Crippen molar-refractivity contribution in [3.05, 3.63) is 62.0 Å². The van der Waals surface area contributed by atoms with Gasteiger partial charge in [-0.05, 0) is 78.1 Å². The summed E-state index contributed by atoms with van der Waals surface area (Å²) in [6.45, 7) is 0.711. The number of aryl methyl sites for hydroxylation is 1. The van der Waals surface area contributed by atoms with Gasteiger partial charge in [0.05, 0.1) is 10.4 Å². The zero-order valence-corrected chi connectivity index (χ0v) is 19.7. The summed E-state index contributed by atoms with van der Waals surface area (Å²) in [5.41, 5.74) is -0.128. The number of hydrogen-bond donors (Lipinski definition) is 3. The summed E-state index contributed by atoms with van der Waals surface area (Å²) in [5.74, 6) is -3.60. The molecule has 0 bridgehead atoms. The number of aliphatic hydroxyl groups is 2. The first kappa shape index (κ1) is 24.3. The molecule has 170 valence electrons. The van der Waals surface area contributed by atoms with Crippen molar-refractivity contribution in [1.29, 1.82) is 0 Å². The standard InChI is InChI=1S/C21H23F3INO4S/c1-12-6-18(23)19(24)16(7-14-2-3-15(25)8-17(14)22)20(12)26-31(29,30)21(4-5-21)9-13(10-27)11-28/h2-3,6,8,13,26-28H,4-5,7,9-11H2,1H3. The molecule has 1 aliphatic carbocycles. The van der Waals surface area contributed by atoms with Gasteiger partial charge in [0, 0.05) is 34.7 Å². The molecule has 2 aromatic rings. The lowest BCUT2D eigenvalue weighted by Gasteiger charge is -2.24. The smallest absolute Gasteiger partial charge is 0.238 e. The molecule has 3 N–H and O–H groups in total. The molecule has 0 spiro atoms. The molecule has 0 aliphatic heterocycles. The summed E-state index contributed by atoms with van der Waals surface area (Å²) in [6.07, 6.45) is 0.346. The van der Waals surface area contributed by atoms with E-state index in [1.165, 1.54) is 19.1 Å². The van der Waals surface area contributed by atoms with Gasteiger partial charge in [0.1, 0.15) is 5.82 Å². The normalized spacial score (nSPS) is 15.4. The van der Waals surface area contributed by atoms with Crippen molar-refractivity contribution < 1.29 is 31.8 Å². The minimum Gasteiger partial charge on any atom is -0.396 e. The SMILES string of the molecule is Cc1cc(F)c(F)c(Cc2ccc(I)cc2F)c1NS(=O)(=O)C1(CC(CO)CO)CC1. The Morgan fingerprint density at radius 1 is 1.13 bits per heavy atom. The first-order chi connectivity index (χ1) is 14.5. The molecule has 1 fully saturated rings. The van der Waals surface area contributed by atoms with E-state index in [0.29, 0.717) is 16.4 Å². The quantitative estimate of drug-likeness (QED) is 0.401. The summed E-state index contributed by atoms with van der Waals surface area (Å²) >= 11 is 1.92. The summed E-state index contributed by atoms with van der Waals surface area (Å²) in [4.78, 5) is 0. The van der Waals surface area contributed by atoms with Crippen LogP contribution in [0, 0.1) is 33.9 Å². The van der Waals surface area contributed by atoms with E-state index in [9.17, 15) is 31.8 Å². The number of sulfonamides is 1. The molecule has 0 amide bonds. The fraction of sp³-hybridized carbons (Fsp3) is 0.429. The molecule has 0 heterocycles. The molecular formula is C21H23F3INO4S. The Morgan fingerprint density at radius 2 is 1.77 bits per heavy atom. The Hall–Kier alpha value is -1.37. The molecule has 0 atom stereocenters. The van der Waals surface area contributed by atoms with Gasteiger partial charge in [-0.2, -0.15) is 0 Å². The molecule has 0 aromatic heterocycles. The van der Waals surface area contributed by atoms with Gasteiger partial charge in [-0.25, -0.2) is 21.6 Å². The maximum atomic E-state index is 14.7. The minimum absolute atomic E-state index is 0.0408. The van der Waals surface area contributed by atoms with Gasteiger partial charge in [-0.15, -0.1) is 0 Å². The number of benzene rings is 2. The third-order valence-corrected chi connectivity index (χ3v) is 8.55. The monoisotopic (exact) mass is 569 g/mol. The van der Waals surface area contributed by atoms with Crippen LogP contribution < -0.4 is 4.72 Å². The maximum absolute atomic E-state index is 14.7. The molecule has 0 saturated heterocycles. The number of aliphatic hydroxyl groups excluding tert-OH is 2. The largest absolute Gasteiger partial charge is 0.396 e. The summed E-state index contributed by atoms with van der Waals surface area (Å²) in [5, 5.41) is 18.7. The Morgan fingerprint density at radius 3 is 2.32 bits per heavy atom. The van der Waals surface area contributed by atoms with Crippen molar-refractivity contribution >= 4 is 38.3 Å². The van der Waals surface area contributed by atoms with Crippen molar-refractivity contribution in [1.82, 2.24) is 0 Å². The summed E-state index contributed by atoms with van der Waals surface area (Å²) < 4.78 is 71.4. The molecule has 0 unspecified atom stereocenters. The number of anilines is 1. The lowest BCUT2D eigenvalue weighted by Crippen LogP contribution is -2.34. The number of hydrogen-bond acceptors (Lipinski definition) is 4. The average Bonchev–Trinajstić information content (AvgIpc) is 3.50. The lowest BCUT2D eigenvalue weighted by atomic mass is 9.99. The highest BCUT2D eigenvalue weighted by atomic mass is 127. The molecule has 0 radical (unpaired) electrons. The third kappa shape index (κ3) is 5.01. The van der Waals surface area contributed by atoms with Crippen LogP contribution in [0.2, 0.25) is 0 Å². The van der Waals surface area contributed by atoms with E-state index < -0.39 is 38.1 Å². The van der Waals surface area contributed by atoms with Gasteiger partial charge in [-0.1, -0.05) is 6.07 Å². The Balaban J connectivity index is 2.00. The third-order valence-electron chi connectivity index (χ3n) is 5.69. The molecule has 31 heavy (non-hydrogen) atoms. The van der Waals surface area contributed by atoms with Crippen LogP contribution in [0.15, 0.2) is 24.3 Å². The molecule has 1 saturated carbocycles. The van der Waals surface area contributed by atoms with E-state index in [0.717, 1.165) is 6.07 Å². The molecule has 1 aliphatic rings.